The van der Waals surface area contributed by atoms with Gasteiger partial charge in [-0.15, -0.1) is 0 Å². The van der Waals surface area contributed by atoms with E-state index in [9.17, 15) is 9.59 Å². The molecule has 1 aromatic rings. The average Bonchev–Trinajstić information content (AvgIpc) is 3.09. The highest BCUT2D eigenvalue weighted by Crippen LogP contribution is 2.30. The van der Waals surface area contributed by atoms with Crippen molar-refractivity contribution in [3.8, 4) is 5.75 Å². The Balaban J connectivity index is 1.80. The summed E-state index contributed by atoms with van der Waals surface area (Å²) in [4.78, 5) is 25.4. The molecule has 1 N–H and O–H groups in total. The Bertz CT molecular complexity index is 629. The molecule has 2 fully saturated rings. The minimum atomic E-state index is -1.07. The number of benzene rings is 1. The third kappa shape index (κ3) is 3.82. The summed E-state index contributed by atoms with van der Waals surface area (Å²) in [5.74, 6) is -0.837. The molecule has 1 atom stereocenters. The number of ether oxygens (including phenoxy) is 2. The van der Waals surface area contributed by atoms with Crippen molar-refractivity contribution >= 4 is 23.5 Å². The molecule has 3 rings (SSSR count). The third-order valence-electron chi connectivity index (χ3n) is 4.40. The molecule has 0 unspecified atom stereocenters. The van der Waals surface area contributed by atoms with Crippen molar-refractivity contribution in [2.45, 2.75) is 37.9 Å². The molecule has 1 heterocycles. The molecule has 1 saturated carbocycles. The predicted molar refractivity (Wildman–Crippen MR) is 87.6 cm³/mol. The Kier molecular flexibility index (Phi) is 5.26. The van der Waals surface area contributed by atoms with Gasteiger partial charge in [0.05, 0.1) is 24.8 Å². The second-order valence-electron chi connectivity index (χ2n) is 6.11. The molecule has 0 spiro atoms. The molecule has 1 aliphatic heterocycles. The molecule has 2 aliphatic rings. The Morgan fingerprint density at radius 2 is 2.04 bits per heavy atom. The van der Waals surface area contributed by atoms with Crippen LogP contribution in [0.15, 0.2) is 18.2 Å². The van der Waals surface area contributed by atoms with Crippen LogP contribution in [0.4, 0.5) is 0 Å². The lowest BCUT2D eigenvalue weighted by atomic mass is 10.1. The zero-order valence-electron chi connectivity index (χ0n) is 13.2. The monoisotopic (exact) mass is 353 g/mol. The number of carboxylic acids is 1. The predicted octanol–water partition coefficient (Wildman–Crippen LogP) is 2.59. The van der Waals surface area contributed by atoms with E-state index in [0.717, 1.165) is 25.7 Å². The number of carbonyl (C=O) groups is 2. The number of carboxylic acid groups (broad SMARTS) is 1. The van der Waals surface area contributed by atoms with Crippen molar-refractivity contribution < 1.29 is 24.2 Å². The zero-order chi connectivity index (χ0) is 17.1. The summed E-state index contributed by atoms with van der Waals surface area (Å²) in [5, 5.41) is 9.53. The first kappa shape index (κ1) is 17.0. The summed E-state index contributed by atoms with van der Waals surface area (Å²) < 4.78 is 11.2. The summed E-state index contributed by atoms with van der Waals surface area (Å²) in [6, 6.07) is 4.99. The first-order valence-electron chi connectivity index (χ1n) is 8.14. The third-order valence-corrected chi connectivity index (χ3v) is 4.63. The summed E-state index contributed by atoms with van der Waals surface area (Å²) in [6.07, 6.45) is 3.34. The summed E-state index contributed by atoms with van der Waals surface area (Å²) in [6.45, 7) is 0.559. The van der Waals surface area contributed by atoms with Crippen molar-refractivity contribution in [1.29, 1.82) is 0 Å². The van der Waals surface area contributed by atoms with Gasteiger partial charge < -0.3 is 19.5 Å². The van der Waals surface area contributed by atoms with Crippen LogP contribution in [0.25, 0.3) is 0 Å². The molecular weight excluding hydrogens is 334 g/mol. The fourth-order valence-corrected chi connectivity index (χ4v) is 3.28. The van der Waals surface area contributed by atoms with Crippen molar-refractivity contribution in [2.24, 2.45) is 0 Å². The number of nitrogens with zero attached hydrogens (tertiary/aromatic N) is 1. The lowest BCUT2D eigenvalue weighted by molar-refractivity contribution is -0.154. The van der Waals surface area contributed by atoms with Crippen LogP contribution in [0.5, 0.6) is 5.75 Å². The van der Waals surface area contributed by atoms with Crippen LogP contribution in [0, 0.1) is 0 Å². The van der Waals surface area contributed by atoms with E-state index in [1.807, 2.05) is 0 Å². The van der Waals surface area contributed by atoms with Crippen LogP contribution in [-0.4, -0.2) is 53.8 Å². The van der Waals surface area contributed by atoms with Crippen molar-refractivity contribution in [2.75, 3.05) is 19.7 Å². The first-order chi connectivity index (χ1) is 11.5. The Morgan fingerprint density at radius 3 is 2.75 bits per heavy atom. The molecule has 1 amide bonds. The minimum Gasteiger partial charge on any atom is -0.490 e. The van der Waals surface area contributed by atoms with Gasteiger partial charge >= 0.3 is 5.97 Å². The van der Waals surface area contributed by atoms with Crippen LogP contribution < -0.4 is 4.74 Å². The van der Waals surface area contributed by atoms with Gasteiger partial charge in [0, 0.05) is 11.6 Å². The summed E-state index contributed by atoms with van der Waals surface area (Å²) >= 11 is 6.05. The number of rotatable bonds is 4. The molecule has 1 saturated heterocycles. The van der Waals surface area contributed by atoms with E-state index in [0.29, 0.717) is 22.9 Å². The van der Waals surface area contributed by atoms with Gasteiger partial charge in [-0.2, -0.15) is 0 Å². The molecule has 24 heavy (non-hydrogen) atoms. The number of halogens is 1. The molecule has 0 aromatic heterocycles. The Morgan fingerprint density at radius 1 is 1.29 bits per heavy atom. The van der Waals surface area contributed by atoms with Gasteiger partial charge in [-0.3, -0.25) is 4.79 Å². The zero-order valence-corrected chi connectivity index (χ0v) is 14.0. The van der Waals surface area contributed by atoms with Crippen LogP contribution in [0.2, 0.25) is 5.02 Å². The van der Waals surface area contributed by atoms with Crippen LogP contribution in [-0.2, 0) is 9.53 Å². The van der Waals surface area contributed by atoms with Gasteiger partial charge in [0.15, 0.2) is 6.10 Å². The highest BCUT2D eigenvalue weighted by atomic mass is 35.5. The van der Waals surface area contributed by atoms with Gasteiger partial charge in [-0.25, -0.2) is 4.79 Å². The van der Waals surface area contributed by atoms with Crippen molar-refractivity contribution in [1.82, 2.24) is 4.90 Å². The second kappa shape index (κ2) is 7.40. The topological polar surface area (TPSA) is 76.1 Å². The fourth-order valence-electron chi connectivity index (χ4n) is 3.11. The number of hydrogen-bond acceptors (Lipinski definition) is 4. The van der Waals surface area contributed by atoms with Crippen LogP contribution >= 0.6 is 11.6 Å². The maximum atomic E-state index is 12.9. The van der Waals surface area contributed by atoms with Crippen molar-refractivity contribution in [3.05, 3.63) is 28.8 Å². The maximum absolute atomic E-state index is 12.9. The number of carbonyl (C=O) groups excluding carboxylic acids is 1. The second-order valence-corrected chi connectivity index (χ2v) is 6.55. The first-order valence-corrected chi connectivity index (χ1v) is 8.52. The lowest BCUT2D eigenvalue weighted by Gasteiger charge is -2.31. The average molecular weight is 354 g/mol. The van der Waals surface area contributed by atoms with Gasteiger partial charge in [0.2, 0.25) is 0 Å². The van der Waals surface area contributed by atoms with Gasteiger partial charge in [0.1, 0.15) is 5.75 Å². The minimum absolute atomic E-state index is 0.0174. The standard InChI is InChI=1S/C17H20ClNO5/c18-11-5-6-14(24-12-3-1-2-4-12)13(9-11)16(20)19-7-8-23-15(10-19)17(21)22/h5-6,9,12,15H,1-4,7-8,10H2,(H,21,22)/t15-/m1/s1. The normalized spacial score (nSPS) is 21.7. The highest BCUT2D eigenvalue weighted by molar-refractivity contribution is 6.31. The summed E-state index contributed by atoms with van der Waals surface area (Å²) in [7, 11) is 0. The van der Waals surface area contributed by atoms with Crippen molar-refractivity contribution in [3.63, 3.8) is 0 Å². The molecule has 130 valence electrons. The van der Waals surface area contributed by atoms with Gasteiger partial charge in [-0.05, 0) is 43.9 Å². The SMILES string of the molecule is O=C(O)[C@H]1CN(C(=O)c2cc(Cl)ccc2OC2CCCC2)CCO1. The van der Waals surface area contributed by atoms with E-state index in [-0.39, 0.29) is 25.2 Å². The van der Waals surface area contributed by atoms with E-state index < -0.39 is 12.1 Å². The number of amides is 1. The lowest BCUT2D eigenvalue weighted by Crippen LogP contribution is -2.48. The molecule has 6 nitrogen and oxygen atoms in total. The fraction of sp³-hybridized carbons (Fsp3) is 0.529. The van der Waals surface area contributed by atoms with E-state index >= 15 is 0 Å². The van der Waals surface area contributed by atoms with Crippen LogP contribution in [0.1, 0.15) is 36.0 Å². The molecule has 0 bridgehead atoms. The number of morpholine rings is 1. The van der Waals surface area contributed by atoms with Gasteiger partial charge in [0.25, 0.3) is 5.91 Å². The molecule has 1 aliphatic carbocycles. The summed E-state index contributed by atoms with van der Waals surface area (Å²) in [5.41, 5.74) is 0.375. The Labute approximate surface area is 145 Å². The largest absolute Gasteiger partial charge is 0.490 e. The van der Waals surface area contributed by atoms with E-state index in [2.05, 4.69) is 0 Å². The molecule has 7 heteroatoms. The van der Waals surface area contributed by atoms with Crippen LogP contribution in [0.3, 0.4) is 0 Å². The molecular formula is C17H20ClNO5. The Hall–Kier alpha value is -1.79. The quantitative estimate of drug-likeness (QED) is 0.900. The number of hydrogen-bond donors (Lipinski definition) is 1. The van der Waals surface area contributed by atoms with E-state index in [1.54, 1.807) is 18.2 Å². The maximum Gasteiger partial charge on any atom is 0.334 e. The molecule has 1 aromatic carbocycles. The molecule has 0 radical (unpaired) electrons. The highest BCUT2D eigenvalue weighted by Gasteiger charge is 2.31. The van der Waals surface area contributed by atoms with E-state index in [4.69, 9.17) is 26.2 Å². The smallest absolute Gasteiger partial charge is 0.334 e. The number of aliphatic carboxylic acids is 1. The van der Waals surface area contributed by atoms with Gasteiger partial charge in [-0.1, -0.05) is 11.6 Å². The van der Waals surface area contributed by atoms with E-state index in [1.165, 1.54) is 4.90 Å².